The first-order chi connectivity index (χ1) is 13.3. The second-order valence-corrected chi connectivity index (χ2v) is 7.82. The molecular weight excluding hydrogens is 356 g/mol. The molecule has 3 aromatic heterocycles. The highest BCUT2D eigenvalue weighted by atomic mass is 16.5. The lowest BCUT2D eigenvalue weighted by atomic mass is 9.95. The van der Waals surface area contributed by atoms with Crippen LogP contribution in [-0.2, 0) is 4.79 Å². The van der Waals surface area contributed by atoms with E-state index in [1.54, 1.807) is 6.20 Å². The van der Waals surface area contributed by atoms with E-state index in [2.05, 4.69) is 31.0 Å². The van der Waals surface area contributed by atoms with Gasteiger partial charge in [0, 0.05) is 28.8 Å². The monoisotopic (exact) mass is 378 g/mol. The summed E-state index contributed by atoms with van der Waals surface area (Å²) in [6, 6.07) is 9.21. The van der Waals surface area contributed by atoms with Gasteiger partial charge in [-0.3, -0.25) is 14.9 Å². The third-order valence-corrected chi connectivity index (χ3v) is 4.52. The first kappa shape index (κ1) is 18.0. The number of aromatic nitrogens is 4. The standard InChI is InChI=1S/C20H22N6O2/c1-11(22-19(27)20(2,3)4)16-13-8-7-12(10-15(13)28-26-16)23-18-17-14(24-25-18)6-5-9-21-17/h5-11H,1-4H3,(H,22,27)(H2,23,24,25). The molecule has 3 heterocycles. The molecule has 0 saturated carbocycles. The summed E-state index contributed by atoms with van der Waals surface area (Å²) in [5, 5.41) is 18.5. The number of fused-ring (bicyclic) bond motifs is 2. The summed E-state index contributed by atoms with van der Waals surface area (Å²) in [7, 11) is 0. The second-order valence-electron chi connectivity index (χ2n) is 7.82. The van der Waals surface area contributed by atoms with E-state index in [9.17, 15) is 4.79 Å². The molecule has 3 N–H and O–H groups in total. The summed E-state index contributed by atoms with van der Waals surface area (Å²) in [4.78, 5) is 16.6. The lowest BCUT2D eigenvalue weighted by molar-refractivity contribution is -0.129. The van der Waals surface area contributed by atoms with E-state index in [0.717, 1.165) is 22.1 Å². The number of carbonyl (C=O) groups is 1. The third-order valence-electron chi connectivity index (χ3n) is 4.52. The van der Waals surface area contributed by atoms with Gasteiger partial charge in [-0.05, 0) is 31.2 Å². The number of amides is 1. The lowest BCUT2D eigenvalue weighted by Crippen LogP contribution is -2.36. The van der Waals surface area contributed by atoms with Gasteiger partial charge >= 0.3 is 0 Å². The summed E-state index contributed by atoms with van der Waals surface area (Å²) < 4.78 is 5.50. The van der Waals surface area contributed by atoms with Gasteiger partial charge in [-0.2, -0.15) is 5.10 Å². The fraction of sp³-hybridized carbons (Fsp3) is 0.300. The molecule has 4 aromatic rings. The van der Waals surface area contributed by atoms with Gasteiger partial charge in [-0.1, -0.05) is 25.9 Å². The Morgan fingerprint density at radius 1 is 1.25 bits per heavy atom. The van der Waals surface area contributed by atoms with E-state index in [4.69, 9.17) is 4.52 Å². The van der Waals surface area contributed by atoms with Crippen molar-refractivity contribution in [3.63, 3.8) is 0 Å². The predicted molar refractivity (Wildman–Crippen MR) is 107 cm³/mol. The van der Waals surface area contributed by atoms with Gasteiger partial charge in [0.05, 0.1) is 11.6 Å². The molecule has 0 fully saturated rings. The maximum Gasteiger partial charge on any atom is 0.225 e. The number of aromatic amines is 1. The summed E-state index contributed by atoms with van der Waals surface area (Å²) in [6.45, 7) is 7.53. The maximum atomic E-state index is 12.2. The minimum absolute atomic E-state index is 0.0349. The number of pyridine rings is 1. The molecule has 1 atom stereocenters. The van der Waals surface area contributed by atoms with Gasteiger partial charge in [0.25, 0.3) is 0 Å². The van der Waals surface area contributed by atoms with Crippen LogP contribution in [0.3, 0.4) is 0 Å². The van der Waals surface area contributed by atoms with Gasteiger partial charge < -0.3 is 15.2 Å². The SMILES string of the molecule is CC(NC(=O)C(C)(C)C)c1noc2cc(Nc3n[nH]c4cccnc34)ccc12. The molecule has 0 radical (unpaired) electrons. The van der Waals surface area contributed by atoms with E-state index >= 15 is 0 Å². The number of hydrogen-bond donors (Lipinski definition) is 3. The van der Waals surface area contributed by atoms with E-state index in [0.29, 0.717) is 17.1 Å². The molecule has 8 nitrogen and oxygen atoms in total. The number of H-pyrrole nitrogens is 1. The zero-order valence-corrected chi connectivity index (χ0v) is 16.2. The molecule has 0 bridgehead atoms. The Morgan fingerprint density at radius 3 is 2.86 bits per heavy atom. The van der Waals surface area contributed by atoms with Crippen molar-refractivity contribution in [2.45, 2.75) is 33.7 Å². The van der Waals surface area contributed by atoms with Crippen LogP contribution >= 0.6 is 0 Å². The Morgan fingerprint density at radius 2 is 2.07 bits per heavy atom. The number of benzene rings is 1. The number of carbonyl (C=O) groups excluding carboxylic acids is 1. The molecule has 1 aromatic carbocycles. The van der Waals surface area contributed by atoms with Crippen LogP contribution in [0.2, 0.25) is 0 Å². The van der Waals surface area contributed by atoms with E-state index in [1.165, 1.54) is 0 Å². The lowest BCUT2D eigenvalue weighted by Gasteiger charge is -2.20. The van der Waals surface area contributed by atoms with Crippen LogP contribution in [0.4, 0.5) is 11.5 Å². The number of anilines is 2. The Kier molecular flexibility index (Phi) is 4.26. The molecule has 0 aliphatic heterocycles. The fourth-order valence-electron chi connectivity index (χ4n) is 2.91. The molecular formula is C20H22N6O2. The van der Waals surface area contributed by atoms with Gasteiger partial charge in [-0.15, -0.1) is 0 Å². The van der Waals surface area contributed by atoms with Crippen LogP contribution in [0.25, 0.3) is 22.0 Å². The minimum Gasteiger partial charge on any atom is -0.356 e. The fourth-order valence-corrected chi connectivity index (χ4v) is 2.91. The Bertz CT molecular complexity index is 1150. The van der Waals surface area contributed by atoms with Crippen LogP contribution in [0.15, 0.2) is 41.1 Å². The third kappa shape index (κ3) is 3.28. The Balaban J connectivity index is 1.58. The first-order valence-corrected chi connectivity index (χ1v) is 9.09. The molecule has 0 aliphatic rings. The summed E-state index contributed by atoms with van der Waals surface area (Å²) in [5.41, 5.74) is 3.29. The van der Waals surface area contributed by atoms with Crippen LogP contribution in [0.1, 0.15) is 39.4 Å². The van der Waals surface area contributed by atoms with Crippen molar-refractivity contribution in [1.82, 2.24) is 25.7 Å². The van der Waals surface area contributed by atoms with Crippen LogP contribution < -0.4 is 10.6 Å². The van der Waals surface area contributed by atoms with Crippen LogP contribution in [-0.4, -0.2) is 26.2 Å². The van der Waals surface area contributed by atoms with E-state index < -0.39 is 5.41 Å². The smallest absolute Gasteiger partial charge is 0.225 e. The number of nitrogens with one attached hydrogen (secondary N) is 3. The van der Waals surface area contributed by atoms with Crippen molar-refractivity contribution >= 4 is 39.4 Å². The van der Waals surface area contributed by atoms with Gasteiger partial charge in [0.15, 0.2) is 11.4 Å². The summed E-state index contributed by atoms with van der Waals surface area (Å²) >= 11 is 0. The zero-order valence-electron chi connectivity index (χ0n) is 16.2. The number of hydrogen-bond acceptors (Lipinski definition) is 6. The normalized spacial score (nSPS) is 13.0. The molecule has 1 unspecified atom stereocenters. The van der Waals surface area contributed by atoms with Crippen molar-refractivity contribution in [1.29, 1.82) is 0 Å². The van der Waals surface area contributed by atoms with E-state index in [1.807, 2.05) is 58.0 Å². The molecule has 0 aliphatic carbocycles. The molecule has 1 amide bonds. The Labute approximate surface area is 161 Å². The molecule has 4 rings (SSSR count). The van der Waals surface area contributed by atoms with Gasteiger partial charge in [-0.25, -0.2) is 0 Å². The Hall–Kier alpha value is -3.42. The predicted octanol–water partition coefficient (Wildman–Crippen LogP) is 4.07. The maximum absolute atomic E-state index is 12.2. The second kappa shape index (κ2) is 6.63. The molecule has 8 heteroatoms. The van der Waals surface area contributed by atoms with Crippen molar-refractivity contribution in [2.24, 2.45) is 5.41 Å². The highest BCUT2D eigenvalue weighted by Gasteiger charge is 2.25. The molecule has 0 spiro atoms. The van der Waals surface area contributed by atoms with Crippen molar-refractivity contribution in [2.75, 3.05) is 5.32 Å². The molecule has 28 heavy (non-hydrogen) atoms. The van der Waals surface area contributed by atoms with E-state index in [-0.39, 0.29) is 11.9 Å². The zero-order chi connectivity index (χ0) is 19.9. The van der Waals surface area contributed by atoms with Crippen molar-refractivity contribution in [3.8, 4) is 0 Å². The van der Waals surface area contributed by atoms with Crippen molar-refractivity contribution in [3.05, 3.63) is 42.2 Å². The number of nitrogens with zero attached hydrogens (tertiary/aromatic N) is 3. The first-order valence-electron chi connectivity index (χ1n) is 9.09. The summed E-state index contributed by atoms with van der Waals surface area (Å²) in [6.07, 6.45) is 1.72. The average molecular weight is 378 g/mol. The molecule has 0 saturated heterocycles. The minimum atomic E-state index is -0.467. The van der Waals surface area contributed by atoms with Crippen LogP contribution in [0, 0.1) is 5.41 Å². The van der Waals surface area contributed by atoms with Gasteiger partial charge in [0.2, 0.25) is 5.91 Å². The highest BCUT2D eigenvalue weighted by molar-refractivity contribution is 5.90. The van der Waals surface area contributed by atoms with Crippen molar-refractivity contribution < 1.29 is 9.32 Å². The highest BCUT2D eigenvalue weighted by Crippen LogP contribution is 2.29. The summed E-state index contributed by atoms with van der Waals surface area (Å²) in [5.74, 6) is 0.604. The molecule has 144 valence electrons. The number of rotatable bonds is 4. The largest absolute Gasteiger partial charge is 0.356 e. The van der Waals surface area contributed by atoms with Crippen LogP contribution in [0.5, 0.6) is 0 Å². The van der Waals surface area contributed by atoms with Gasteiger partial charge in [0.1, 0.15) is 11.2 Å². The quantitative estimate of drug-likeness (QED) is 0.494. The topological polar surface area (TPSA) is 109 Å². The average Bonchev–Trinajstić information content (AvgIpc) is 3.25.